The van der Waals surface area contributed by atoms with Crippen molar-refractivity contribution in [1.29, 1.82) is 0 Å². The van der Waals surface area contributed by atoms with Gasteiger partial charge in [-0.25, -0.2) is 0 Å². The van der Waals surface area contributed by atoms with E-state index in [1.807, 2.05) is 42.5 Å². The van der Waals surface area contributed by atoms with E-state index in [9.17, 15) is 15.0 Å². The fraction of sp³-hybridized carbons (Fsp3) is 0.435. The molecule has 2 aromatic carbocycles. The van der Waals surface area contributed by atoms with Crippen LogP contribution in [0.3, 0.4) is 0 Å². The van der Waals surface area contributed by atoms with E-state index in [2.05, 4.69) is 12.1 Å². The molecule has 3 unspecified atom stereocenters. The van der Waals surface area contributed by atoms with Crippen LogP contribution in [0.1, 0.15) is 42.9 Å². The predicted molar refractivity (Wildman–Crippen MR) is 103 cm³/mol. The quantitative estimate of drug-likeness (QED) is 0.850. The highest BCUT2D eigenvalue weighted by atomic mass is 16.5. The molecule has 0 bridgehead atoms. The molecule has 2 aliphatic rings. The molecule has 1 heterocycles. The molecule has 2 aromatic rings. The van der Waals surface area contributed by atoms with Crippen molar-refractivity contribution in [2.24, 2.45) is 17.8 Å². The number of ether oxygens (including phenoxy) is 1. The van der Waals surface area contributed by atoms with E-state index in [1.165, 1.54) is 0 Å². The van der Waals surface area contributed by atoms with E-state index in [1.54, 1.807) is 0 Å². The lowest BCUT2D eigenvalue weighted by atomic mass is 9.69. The van der Waals surface area contributed by atoms with Crippen molar-refractivity contribution in [3.8, 4) is 5.75 Å². The van der Waals surface area contributed by atoms with Crippen molar-refractivity contribution in [3.63, 3.8) is 0 Å². The Labute approximate surface area is 159 Å². The van der Waals surface area contributed by atoms with Gasteiger partial charge in [0.1, 0.15) is 11.9 Å². The second-order valence-electron chi connectivity index (χ2n) is 7.81. The lowest BCUT2D eigenvalue weighted by Gasteiger charge is -2.44. The summed E-state index contributed by atoms with van der Waals surface area (Å²) in [5.41, 5.74) is 1.94. The first kappa shape index (κ1) is 18.1. The first-order valence-electron chi connectivity index (χ1n) is 9.85. The molecule has 0 radical (unpaired) electrons. The number of fused-ring (bicyclic) bond motifs is 1. The summed E-state index contributed by atoms with van der Waals surface area (Å²) in [6, 6.07) is 17.7. The summed E-state index contributed by atoms with van der Waals surface area (Å²) in [5, 5.41) is 20.9. The van der Waals surface area contributed by atoms with E-state index < -0.39 is 18.0 Å². The van der Waals surface area contributed by atoms with Gasteiger partial charge in [0.05, 0.1) is 12.0 Å². The number of carboxylic acids is 1. The van der Waals surface area contributed by atoms with E-state index in [4.69, 9.17) is 4.74 Å². The van der Waals surface area contributed by atoms with Crippen LogP contribution in [-0.2, 0) is 11.2 Å². The monoisotopic (exact) mass is 366 g/mol. The van der Waals surface area contributed by atoms with Crippen LogP contribution in [0.4, 0.5) is 0 Å². The zero-order valence-electron chi connectivity index (χ0n) is 15.3. The number of carbonyl (C=O) groups is 1. The van der Waals surface area contributed by atoms with Gasteiger partial charge >= 0.3 is 5.97 Å². The van der Waals surface area contributed by atoms with Gasteiger partial charge in [0, 0.05) is 17.4 Å². The molecule has 4 nitrogen and oxygen atoms in total. The van der Waals surface area contributed by atoms with Crippen LogP contribution in [0.5, 0.6) is 5.75 Å². The maximum absolute atomic E-state index is 11.9. The average Bonchev–Trinajstić information content (AvgIpc) is 2.71. The molecule has 0 saturated heterocycles. The molecule has 4 rings (SSSR count). The molecular weight excluding hydrogens is 340 g/mol. The summed E-state index contributed by atoms with van der Waals surface area (Å²) in [7, 11) is 0. The van der Waals surface area contributed by atoms with Crippen LogP contribution < -0.4 is 4.74 Å². The van der Waals surface area contributed by atoms with Gasteiger partial charge < -0.3 is 14.9 Å². The number of aliphatic hydroxyl groups excluding tert-OH is 1. The zero-order valence-corrected chi connectivity index (χ0v) is 15.3. The number of para-hydroxylation sites is 1. The maximum atomic E-state index is 11.9. The Kier molecular flexibility index (Phi) is 5.17. The Morgan fingerprint density at radius 1 is 1.00 bits per heavy atom. The molecule has 0 aromatic heterocycles. The van der Waals surface area contributed by atoms with E-state index in [-0.39, 0.29) is 17.9 Å². The Morgan fingerprint density at radius 2 is 1.70 bits per heavy atom. The predicted octanol–water partition coefficient (Wildman–Crippen LogP) is 4.23. The SMILES string of the molecule is O=C(O)C1CCCCC1C1Oc2ccccc2[C@H](O)[C@@H]1Cc1ccccc1. The molecular formula is C23H26O4. The van der Waals surface area contributed by atoms with Crippen LogP contribution >= 0.6 is 0 Å². The highest BCUT2D eigenvalue weighted by Gasteiger charge is 2.46. The molecule has 0 amide bonds. The summed E-state index contributed by atoms with van der Waals surface area (Å²) < 4.78 is 6.38. The minimum atomic E-state index is -0.741. The molecule has 5 atom stereocenters. The molecule has 1 saturated carbocycles. The molecule has 142 valence electrons. The zero-order chi connectivity index (χ0) is 18.8. The minimum Gasteiger partial charge on any atom is -0.489 e. The van der Waals surface area contributed by atoms with Gasteiger partial charge in [0.15, 0.2) is 0 Å². The van der Waals surface area contributed by atoms with E-state index in [0.29, 0.717) is 18.6 Å². The van der Waals surface area contributed by atoms with Gasteiger partial charge in [0.2, 0.25) is 0 Å². The third-order valence-corrected chi connectivity index (χ3v) is 6.20. The molecule has 1 fully saturated rings. The maximum Gasteiger partial charge on any atom is 0.306 e. The Hall–Kier alpha value is -2.33. The van der Waals surface area contributed by atoms with E-state index in [0.717, 1.165) is 30.4 Å². The molecule has 27 heavy (non-hydrogen) atoms. The van der Waals surface area contributed by atoms with Crippen LogP contribution in [0.15, 0.2) is 54.6 Å². The van der Waals surface area contributed by atoms with Crippen LogP contribution in [0.25, 0.3) is 0 Å². The summed E-state index contributed by atoms with van der Waals surface area (Å²) in [6.07, 6.45) is 3.21. The number of aliphatic hydroxyl groups is 1. The number of hydrogen-bond donors (Lipinski definition) is 2. The van der Waals surface area contributed by atoms with Crippen LogP contribution in [-0.4, -0.2) is 22.3 Å². The van der Waals surface area contributed by atoms with Crippen molar-refractivity contribution >= 4 is 5.97 Å². The summed E-state index contributed by atoms with van der Waals surface area (Å²) >= 11 is 0. The third kappa shape index (κ3) is 3.59. The fourth-order valence-electron chi connectivity index (χ4n) is 4.85. The molecule has 0 spiro atoms. The molecule has 2 N–H and O–H groups in total. The number of benzene rings is 2. The largest absolute Gasteiger partial charge is 0.489 e. The fourth-order valence-corrected chi connectivity index (χ4v) is 4.85. The smallest absolute Gasteiger partial charge is 0.306 e. The number of hydrogen-bond acceptors (Lipinski definition) is 3. The van der Waals surface area contributed by atoms with Crippen LogP contribution in [0.2, 0.25) is 0 Å². The van der Waals surface area contributed by atoms with Crippen LogP contribution in [0, 0.1) is 17.8 Å². The second kappa shape index (κ2) is 7.73. The van der Waals surface area contributed by atoms with Gasteiger partial charge in [-0.2, -0.15) is 0 Å². The molecule has 1 aliphatic carbocycles. The molecule has 1 aliphatic heterocycles. The molecule has 4 heteroatoms. The first-order chi connectivity index (χ1) is 13.1. The Morgan fingerprint density at radius 3 is 2.48 bits per heavy atom. The second-order valence-corrected chi connectivity index (χ2v) is 7.81. The highest BCUT2D eigenvalue weighted by molar-refractivity contribution is 5.70. The van der Waals surface area contributed by atoms with Gasteiger partial charge in [0.25, 0.3) is 0 Å². The Bertz CT molecular complexity index is 788. The first-order valence-corrected chi connectivity index (χ1v) is 9.85. The van der Waals surface area contributed by atoms with Gasteiger partial charge in [-0.15, -0.1) is 0 Å². The van der Waals surface area contributed by atoms with Gasteiger partial charge in [-0.05, 0) is 30.9 Å². The number of carboxylic acid groups (broad SMARTS) is 1. The minimum absolute atomic E-state index is 0.0760. The standard InChI is InChI=1S/C23H26O4/c24-21-18-12-6-7-13-20(18)27-22(16-10-4-5-11-17(16)23(25)26)19(21)14-15-8-2-1-3-9-15/h1-3,6-9,12-13,16-17,19,21-22,24H,4-5,10-11,14H2,(H,25,26)/t16?,17?,19-,21-,22?/m0/s1. The average molecular weight is 366 g/mol. The van der Waals surface area contributed by atoms with Crippen molar-refractivity contribution in [3.05, 3.63) is 65.7 Å². The number of aliphatic carboxylic acids is 1. The summed E-state index contributed by atoms with van der Waals surface area (Å²) in [6.45, 7) is 0. The Balaban J connectivity index is 1.70. The summed E-state index contributed by atoms with van der Waals surface area (Å²) in [5.74, 6) is -0.691. The number of rotatable bonds is 4. The lowest BCUT2D eigenvalue weighted by molar-refractivity contribution is -0.149. The van der Waals surface area contributed by atoms with Gasteiger partial charge in [-0.3, -0.25) is 4.79 Å². The lowest BCUT2D eigenvalue weighted by Crippen LogP contribution is -2.47. The van der Waals surface area contributed by atoms with E-state index >= 15 is 0 Å². The third-order valence-electron chi connectivity index (χ3n) is 6.20. The van der Waals surface area contributed by atoms with Gasteiger partial charge in [-0.1, -0.05) is 61.4 Å². The van der Waals surface area contributed by atoms with Crippen molar-refractivity contribution in [2.75, 3.05) is 0 Å². The van der Waals surface area contributed by atoms with Crippen molar-refractivity contribution in [1.82, 2.24) is 0 Å². The summed E-state index contributed by atoms with van der Waals surface area (Å²) in [4.78, 5) is 11.9. The van der Waals surface area contributed by atoms with Crippen molar-refractivity contribution < 1.29 is 19.7 Å². The normalized spacial score (nSPS) is 30.2. The topological polar surface area (TPSA) is 66.8 Å². The van der Waals surface area contributed by atoms with Crippen molar-refractivity contribution in [2.45, 2.75) is 44.3 Å². The highest BCUT2D eigenvalue weighted by Crippen LogP contribution is 2.46.